The summed E-state index contributed by atoms with van der Waals surface area (Å²) in [5.74, 6) is -2.70. The molecular weight excluding hydrogens is 280 g/mol. The second kappa shape index (κ2) is 10.1. The minimum absolute atomic E-state index is 0. The minimum Gasteiger partial charge on any atom is -0.480 e. The number of amides is 1. The van der Waals surface area contributed by atoms with Crippen LogP contribution >= 0.6 is 0 Å². The van der Waals surface area contributed by atoms with Crippen LogP contribution in [0.15, 0.2) is 0 Å². The van der Waals surface area contributed by atoms with Gasteiger partial charge in [0.15, 0.2) is 0 Å². The zero-order valence-electron chi connectivity index (χ0n) is 9.40. The Morgan fingerprint density at radius 2 is 1.53 bits per heavy atom. The van der Waals surface area contributed by atoms with Crippen molar-refractivity contribution in [1.82, 2.24) is 10.2 Å². The summed E-state index contributed by atoms with van der Waals surface area (Å²) in [5, 5.41) is 19.6. The molecule has 8 heteroatoms. The molecule has 0 aromatic rings. The number of rotatable bonds is 8. The Labute approximate surface area is 110 Å². The van der Waals surface area contributed by atoms with Gasteiger partial charge in [-0.1, -0.05) is 6.92 Å². The minimum atomic E-state index is -1.16. The summed E-state index contributed by atoms with van der Waals surface area (Å²) in [7, 11) is 0. The Morgan fingerprint density at radius 3 is 1.88 bits per heavy atom. The average molecular weight is 296 g/mol. The molecule has 3 N–H and O–H groups in total. The van der Waals surface area contributed by atoms with Gasteiger partial charge >= 0.3 is 11.9 Å². The molecule has 0 bridgehead atoms. The van der Waals surface area contributed by atoms with E-state index >= 15 is 0 Å². The number of nitrogens with zero attached hydrogens (tertiary/aromatic N) is 1. The molecule has 0 rings (SSSR count). The van der Waals surface area contributed by atoms with Gasteiger partial charge in [0, 0.05) is 23.6 Å². The van der Waals surface area contributed by atoms with E-state index in [-0.39, 0.29) is 29.5 Å². The van der Waals surface area contributed by atoms with E-state index in [1.807, 2.05) is 6.92 Å². The molecule has 1 amide bonds. The Balaban J connectivity index is 0. The molecule has 0 atom stereocenters. The summed E-state index contributed by atoms with van der Waals surface area (Å²) in [5.41, 5.74) is 0. The zero-order valence-corrected chi connectivity index (χ0v) is 10.3. The molecule has 0 fully saturated rings. The van der Waals surface area contributed by atoms with Gasteiger partial charge < -0.3 is 15.5 Å². The van der Waals surface area contributed by atoms with Crippen LogP contribution in [-0.4, -0.2) is 59.1 Å². The number of carbonyl (C=O) groups is 3. The summed E-state index contributed by atoms with van der Waals surface area (Å²) < 4.78 is 0. The predicted octanol–water partition coefficient (Wildman–Crippen LogP) is -1.02. The number of aliphatic carboxylic acids is 2. The monoisotopic (exact) mass is 295 g/mol. The molecule has 0 aromatic heterocycles. The molecular formula is C9H16CuN2O5. The van der Waals surface area contributed by atoms with E-state index in [9.17, 15) is 14.4 Å². The van der Waals surface area contributed by atoms with Crippen molar-refractivity contribution < 1.29 is 41.7 Å². The first-order valence-electron chi connectivity index (χ1n) is 4.88. The van der Waals surface area contributed by atoms with E-state index in [0.29, 0.717) is 6.54 Å². The predicted molar refractivity (Wildman–Crippen MR) is 55.0 cm³/mol. The van der Waals surface area contributed by atoms with Crippen molar-refractivity contribution >= 4 is 17.8 Å². The van der Waals surface area contributed by atoms with E-state index < -0.39 is 25.0 Å². The molecule has 7 nitrogen and oxygen atoms in total. The molecule has 17 heavy (non-hydrogen) atoms. The van der Waals surface area contributed by atoms with Crippen LogP contribution in [-0.2, 0) is 31.5 Å². The van der Waals surface area contributed by atoms with Crippen LogP contribution in [0.4, 0.5) is 0 Å². The third kappa shape index (κ3) is 11.2. The van der Waals surface area contributed by atoms with Gasteiger partial charge in [0.25, 0.3) is 0 Å². The van der Waals surface area contributed by atoms with Gasteiger partial charge in [0.1, 0.15) is 0 Å². The third-order valence-corrected chi connectivity index (χ3v) is 1.66. The van der Waals surface area contributed by atoms with Gasteiger partial charge in [-0.2, -0.15) is 0 Å². The van der Waals surface area contributed by atoms with E-state index in [1.54, 1.807) is 0 Å². The van der Waals surface area contributed by atoms with Crippen molar-refractivity contribution in [3.63, 3.8) is 0 Å². The number of hydrogen-bond acceptors (Lipinski definition) is 4. The van der Waals surface area contributed by atoms with Crippen LogP contribution in [0.3, 0.4) is 0 Å². The van der Waals surface area contributed by atoms with Crippen molar-refractivity contribution in [3.8, 4) is 0 Å². The van der Waals surface area contributed by atoms with Crippen molar-refractivity contribution in [2.45, 2.75) is 13.3 Å². The fraction of sp³-hybridized carbons (Fsp3) is 0.667. The number of hydrogen-bond donors (Lipinski definition) is 3. The zero-order chi connectivity index (χ0) is 12.6. The van der Waals surface area contributed by atoms with E-state index in [4.69, 9.17) is 10.2 Å². The van der Waals surface area contributed by atoms with Crippen LogP contribution in [0.25, 0.3) is 0 Å². The third-order valence-electron chi connectivity index (χ3n) is 1.66. The number of carboxylic acids is 2. The molecule has 0 aliphatic carbocycles. The second-order valence-electron chi connectivity index (χ2n) is 3.28. The van der Waals surface area contributed by atoms with Gasteiger partial charge in [-0.3, -0.25) is 19.3 Å². The second-order valence-corrected chi connectivity index (χ2v) is 3.28. The summed E-state index contributed by atoms with van der Waals surface area (Å²) in [6.45, 7) is 1.22. The van der Waals surface area contributed by atoms with E-state index in [0.717, 1.165) is 11.3 Å². The number of carbonyl (C=O) groups excluding carboxylic acids is 1. The standard InChI is InChI=1S/C9H16N2O5.Cu/c1-2-3-10-7(12)4-11(5-8(13)14)6-9(15)16;/h2-6H2,1H3,(H,10,12)(H,13,14)(H,15,16);. The normalized spacial score (nSPS) is 9.53. The van der Waals surface area contributed by atoms with Crippen LogP contribution in [0.5, 0.6) is 0 Å². The van der Waals surface area contributed by atoms with Gasteiger partial charge in [-0.05, 0) is 6.42 Å². The molecule has 0 aromatic carbocycles. The van der Waals surface area contributed by atoms with E-state index in [1.165, 1.54) is 0 Å². The average Bonchev–Trinajstić information content (AvgIpc) is 2.12. The maximum atomic E-state index is 11.2. The first-order valence-corrected chi connectivity index (χ1v) is 4.88. The molecule has 103 valence electrons. The van der Waals surface area contributed by atoms with Gasteiger partial charge in [-0.25, -0.2) is 0 Å². The SMILES string of the molecule is CCCNC(=O)CN(CC(=O)O)CC(=O)O.[Cu]. The fourth-order valence-electron chi connectivity index (χ4n) is 1.07. The van der Waals surface area contributed by atoms with Crippen molar-refractivity contribution in [1.29, 1.82) is 0 Å². The van der Waals surface area contributed by atoms with Gasteiger partial charge in [0.2, 0.25) is 5.91 Å². The first-order chi connectivity index (χ1) is 7.45. The molecule has 0 heterocycles. The molecule has 1 radical (unpaired) electrons. The van der Waals surface area contributed by atoms with E-state index in [2.05, 4.69) is 5.32 Å². The van der Waals surface area contributed by atoms with Crippen molar-refractivity contribution in [2.75, 3.05) is 26.2 Å². The molecule has 0 unspecified atom stereocenters. The van der Waals surface area contributed by atoms with Crippen LogP contribution < -0.4 is 5.32 Å². The Bertz CT molecular complexity index is 256. The summed E-state index contributed by atoms with van der Waals surface area (Å²) in [4.78, 5) is 33.1. The van der Waals surface area contributed by atoms with Crippen LogP contribution in [0, 0.1) is 0 Å². The smallest absolute Gasteiger partial charge is 0.317 e. The molecule has 0 saturated heterocycles. The number of nitrogens with one attached hydrogen (secondary N) is 1. The van der Waals surface area contributed by atoms with Crippen LogP contribution in [0.1, 0.15) is 13.3 Å². The molecule has 0 saturated carbocycles. The maximum Gasteiger partial charge on any atom is 0.317 e. The van der Waals surface area contributed by atoms with Crippen LogP contribution in [0.2, 0.25) is 0 Å². The summed E-state index contributed by atoms with van der Waals surface area (Å²) in [6.07, 6.45) is 0.767. The van der Waals surface area contributed by atoms with Crippen molar-refractivity contribution in [3.05, 3.63) is 0 Å². The largest absolute Gasteiger partial charge is 0.480 e. The summed E-state index contributed by atoms with van der Waals surface area (Å²) >= 11 is 0. The molecule has 0 aliphatic heterocycles. The Hall–Kier alpha value is -1.11. The summed E-state index contributed by atoms with van der Waals surface area (Å²) in [6, 6.07) is 0. The Kier molecular flexibility index (Phi) is 10.8. The van der Waals surface area contributed by atoms with Gasteiger partial charge in [-0.15, -0.1) is 0 Å². The van der Waals surface area contributed by atoms with Crippen molar-refractivity contribution in [2.24, 2.45) is 0 Å². The quantitative estimate of drug-likeness (QED) is 0.495. The maximum absolute atomic E-state index is 11.2. The number of carboxylic acid groups (broad SMARTS) is 2. The first kappa shape index (κ1) is 18.3. The van der Waals surface area contributed by atoms with Gasteiger partial charge in [0.05, 0.1) is 19.6 Å². The molecule has 0 aliphatic rings. The Morgan fingerprint density at radius 1 is 1.06 bits per heavy atom. The fourth-order valence-corrected chi connectivity index (χ4v) is 1.07. The molecule has 0 spiro atoms. The topological polar surface area (TPSA) is 107 Å².